The summed E-state index contributed by atoms with van der Waals surface area (Å²) < 4.78 is 5.44. The van der Waals surface area contributed by atoms with Crippen molar-refractivity contribution in [2.24, 2.45) is 5.41 Å². The first-order valence-corrected chi connectivity index (χ1v) is 7.52. The lowest BCUT2D eigenvalue weighted by molar-refractivity contribution is 0.0299. The Morgan fingerprint density at radius 1 is 1.30 bits per heavy atom. The molecule has 1 aliphatic heterocycles. The molecule has 0 bridgehead atoms. The lowest BCUT2D eigenvalue weighted by Gasteiger charge is -2.33. The van der Waals surface area contributed by atoms with E-state index < -0.39 is 0 Å². The van der Waals surface area contributed by atoms with Gasteiger partial charge in [-0.3, -0.25) is 0 Å². The molecule has 1 aromatic rings. The van der Waals surface area contributed by atoms with Crippen LogP contribution in [0.15, 0.2) is 6.20 Å². The second-order valence-electron chi connectivity index (χ2n) is 5.93. The molecule has 1 aromatic heterocycles. The molecule has 0 amide bonds. The van der Waals surface area contributed by atoms with Gasteiger partial charge in [-0.2, -0.15) is 4.98 Å². The summed E-state index contributed by atoms with van der Waals surface area (Å²) in [6, 6.07) is 0. The Balaban J connectivity index is 1.97. The highest BCUT2D eigenvalue weighted by Gasteiger charge is 2.27. The van der Waals surface area contributed by atoms with Gasteiger partial charge in [0.15, 0.2) is 0 Å². The highest BCUT2D eigenvalue weighted by Crippen LogP contribution is 2.30. The van der Waals surface area contributed by atoms with E-state index in [9.17, 15) is 0 Å². The van der Waals surface area contributed by atoms with Crippen LogP contribution in [0.25, 0.3) is 0 Å². The first-order chi connectivity index (χ1) is 9.63. The van der Waals surface area contributed by atoms with Gasteiger partial charge in [0, 0.05) is 38.1 Å². The third kappa shape index (κ3) is 4.07. The van der Waals surface area contributed by atoms with E-state index in [1.165, 1.54) is 0 Å². The molecular formula is C15H26N4O. The number of hydrogen-bond donors (Lipinski definition) is 2. The molecule has 1 fully saturated rings. The van der Waals surface area contributed by atoms with Gasteiger partial charge in [0.1, 0.15) is 5.82 Å². The molecule has 2 heterocycles. The number of nitrogens with zero attached hydrogens (tertiary/aromatic N) is 2. The van der Waals surface area contributed by atoms with Crippen LogP contribution < -0.4 is 10.6 Å². The average Bonchev–Trinajstić information content (AvgIpc) is 2.46. The van der Waals surface area contributed by atoms with Crippen LogP contribution in [0.1, 0.15) is 38.7 Å². The van der Waals surface area contributed by atoms with E-state index in [0.717, 1.165) is 56.9 Å². The molecule has 112 valence electrons. The Hall–Kier alpha value is -1.36. The van der Waals surface area contributed by atoms with Crippen LogP contribution in [-0.2, 0) is 4.74 Å². The van der Waals surface area contributed by atoms with Crippen molar-refractivity contribution < 1.29 is 4.74 Å². The monoisotopic (exact) mass is 278 g/mol. The molecule has 1 aliphatic rings. The number of nitrogens with one attached hydrogen (secondary N) is 2. The Bertz CT molecular complexity index is 430. The van der Waals surface area contributed by atoms with Crippen molar-refractivity contribution in [1.82, 2.24) is 9.97 Å². The van der Waals surface area contributed by atoms with Crippen LogP contribution >= 0.6 is 0 Å². The van der Waals surface area contributed by atoms with Gasteiger partial charge in [0.25, 0.3) is 0 Å². The third-order valence-corrected chi connectivity index (χ3v) is 3.89. The molecule has 2 N–H and O–H groups in total. The van der Waals surface area contributed by atoms with E-state index in [2.05, 4.69) is 34.4 Å². The molecule has 0 atom stereocenters. The quantitative estimate of drug-likeness (QED) is 0.838. The highest BCUT2D eigenvalue weighted by atomic mass is 16.5. The van der Waals surface area contributed by atoms with Crippen molar-refractivity contribution in [3.63, 3.8) is 0 Å². The fraction of sp³-hybridized carbons (Fsp3) is 0.733. The van der Waals surface area contributed by atoms with E-state index in [1.807, 2.05) is 13.1 Å². The normalized spacial score (nSPS) is 17.8. The maximum Gasteiger partial charge on any atom is 0.224 e. The fourth-order valence-electron chi connectivity index (χ4n) is 2.28. The summed E-state index contributed by atoms with van der Waals surface area (Å²) in [5.41, 5.74) is 1.38. The van der Waals surface area contributed by atoms with Gasteiger partial charge in [-0.25, -0.2) is 4.98 Å². The molecule has 0 aliphatic carbocycles. The smallest absolute Gasteiger partial charge is 0.224 e. The molecule has 1 saturated heterocycles. The van der Waals surface area contributed by atoms with Crippen molar-refractivity contribution in [3.05, 3.63) is 11.8 Å². The molecule has 20 heavy (non-hydrogen) atoms. The molecule has 0 unspecified atom stereocenters. The molecule has 5 heteroatoms. The zero-order chi connectivity index (χ0) is 14.4. The first kappa shape index (κ1) is 15.0. The van der Waals surface area contributed by atoms with Crippen molar-refractivity contribution in [2.45, 2.75) is 40.0 Å². The average molecular weight is 278 g/mol. The molecule has 2 rings (SSSR count). The Labute approximate surface area is 121 Å². The van der Waals surface area contributed by atoms with Gasteiger partial charge in [0.2, 0.25) is 5.95 Å². The Morgan fingerprint density at radius 2 is 2.05 bits per heavy atom. The van der Waals surface area contributed by atoms with Crippen molar-refractivity contribution in [3.8, 4) is 0 Å². The lowest BCUT2D eigenvalue weighted by Crippen LogP contribution is -2.33. The SMILES string of the molecule is CCCNc1ncc(C)c(NCC2(C)CCOCC2)n1. The van der Waals surface area contributed by atoms with Crippen LogP contribution in [-0.4, -0.2) is 36.3 Å². The number of anilines is 2. The van der Waals surface area contributed by atoms with E-state index in [-0.39, 0.29) is 0 Å². The van der Waals surface area contributed by atoms with Crippen molar-refractivity contribution in [1.29, 1.82) is 0 Å². The minimum atomic E-state index is 0.298. The molecule has 0 saturated carbocycles. The summed E-state index contributed by atoms with van der Waals surface area (Å²) in [5, 5.41) is 6.72. The van der Waals surface area contributed by atoms with Crippen LogP contribution in [0.2, 0.25) is 0 Å². The van der Waals surface area contributed by atoms with Crippen LogP contribution in [0, 0.1) is 12.3 Å². The summed E-state index contributed by atoms with van der Waals surface area (Å²) in [5.74, 6) is 1.64. The van der Waals surface area contributed by atoms with Gasteiger partial charge >= 0.3 is 0 Å². The maximum atomic E-state index is 5.44. The molecule has 5 nitrogen and oxygen atoms in total. The molecule has 0 radical (unpaired) electrons. The Morgan fingerprint density at radius 3 is 2.75 bits per heavy atom. The van der Waals surface area contributed by atoms with Crippen molar-refractivity contribution >= 4 is 11.8 Å². The predicted molar refractivity (Wildman–Crippen MR) is 82.2 cm³/mol. The van der Waals surface area contributed by atoms with E-state index in [1.54, 1.807) is 0 Å². The van der Waals surface area contributed by atoms with Gasteiger partial charge in [-0.05, 0) is 31.6 Å². The summed E-state index contributed by atoms with van der Waals surface area (Å²) in [6.07, 6.45) is 5.15. The topological polar surface area (TPSA) is 59.1 Å². The second-order valence-corrected chi connectivity index (χ2v) is 5.93. The van der Waals surface area contributed by atoms with Crippen LogP contribution in [0.4, 0.5) is 11.8 Å². The molecular weight excluding hydrogens is 252 g/mol. The zero-order valence-corrected chi connectivity index (χ0v) is 12.8. The number of rotatable bonds is 6. The molecule has 0 spiro atoms. The van der Waals surface area contributed by atoms with Gasteiger partial charge in [-0.1, -0.05) is 13.8 Å². The van der Waals surface area contributed by atoms with Gasteiger partial charge in [0.05, 0.1) is 0 Å². The second kappa shape index (κ2) is 6.88. The third-order valence-electron chi connectivity index (χ3n) is 3.89. The Kier molecular flexibility index (Phi) is 5.17. The lowest BCUT2D eigenvalue weighted by atomic mass is 9.82. The van der Waals surface area contributed by atoms with Gasteiger partial charge in [-0.15, -0.1) is 0 Å². The minimum absolute atomic E-state index is 0.298. The number of hydrogen-bond acceptors (Lipinski definition) is 5. The summed E-state index contributed by atoms with van der Waals surface area (Å²) in [7, 11) is 0. The molecule has 0 aromatic carbocycles. The number of ether oxygens (including phenoxy) is 1. The van der Waals surface area contributed by atoms with E-state index >= 15 is 0 Å². The van der Waals surface area contributed by atoms with Crippen molar-refractivity contribution in [2.75, 3.05) is 36.9 Å². The number of aryl methyl sites for hydroxylation is 1. The maximum absolute atomic E-state index is 5.44. The predicted octanol–water partition coefficient (Wildman–Crippen LogP) is 2.84. The first-order valence-electron chi connectivity index (χ1n) is 7.52. The largest absolute Gasteiger partial charge is 0.381 e. The highest BCUT2D eigenvalue weighted by molar-refractivity contribution is 5.46. The van der Waals surface area contributed by atoms with E-state index in [0.29, 0.717) is 11.4 Å². The number of aromatic nitrogens is 2. The van der Waals surface area contributed by atoms with Crippen LogP contribution in [0.3, 0.4) is 0 Å². The fourth-order valence-corrected chi connectivity index (χ4v) is 2.28. The van der Waals surface area contributed by atoms with Gasteiger partial charge < -0.3 is 15.4 Å². The summed E-state index contributed by atoms with van der Waals surface area (Å²) in [4.78, 5) is 8.87. The summed E-state index contributed by atoms with van der Waals surface area (Å²) in [6.45, 7) is 10.0. The zero-order valence-electron chi connectivity index (χ0n) is 12.8. The van der Waals surface area contributed by atoms with Crippen LogP contribution in [0.5, 0.6) is 0 Å². The standard InChI is InChI=1S/C15H26N4O/c1-4-7-16-14-17-10-12(2)13(19-14)18-11-15(3)5-8-20-9-6-15/h10H,4-9,11H2,1-3H3,(H2,16,17,18,19). The van der Waals surface area contributed by atoms with E-state index in [4.69, 9.17) is 4.74 Å². The summed E-state index contributed by atoms with van der Waals surface area (Å²) >= 11 is 0. The minimum Gasteiger partial charge on any atom is -0.381 e.